The number of nitrogens with zero attached hydrogens (tertiary/aromatic N) is 1. The van der Waals surface area contributed by atoms with E-state index in [0.717, 1.165) is 0 Å². The smallest absolute Gasteiger partial charge is 0.243 e. The summed E-state index contributed by atoms with van der Waals surface area (Å²) in [5, 5.41) is 8.19. The molecule has 3 N–H and O–H groups in total. The first-order chi connectivity index (χ1) is 13.6. The van der Waals surface area contributed by atoms with Crippen molar-refractivity contribution in [1.82, 2.24) is 4.31 Å². The molecule has 3 rings (SSSR count). The van der Waals surface area contributed by atoms with Gasteiger partial charge in [-0.05, 0) is 61.4 Å². The van der Waals surface area contributed by atoms with Gasteiger partial charge in [-0.15, -0.1) is 0 Å². The molecule has 1 aliphatic rings. The molecule has 156 valence electrons. The molecule has 0 unspecified atom stereocenters. The van der Waals surface area contributed by atoms with Crippen LogP contribution in [-0.4, -0.2) is 40.1 Å². The number of amides is 1. The van der Waals surface area contributed by atoms with Crippen molar-refractivity contribution in [3.8, 4) is 0 Å². The number of benzene rings is 2. The molecule has 0 aromatic heterocycles. The van der Waals surface area contributed by atoms with E-state index < -0.39 is 26.0 Å². The molecule has 2 aromatic rings. The number of nitrogens with two attached hydrogens (primary N) is 1. The van der Waals surface area contributed by atoms with Gasteiger partial charge < -0.3 is 5.32 Å². The predicted molar refractivity (Wildman–Crippen MR) is 109 cm³/mol. The number of carbonyl (C=O) groups excluding carboxylic acids is 1. The molecule has 1 atom stereocenters. The molecule has 0 radical (unpaired) electrons. The lowest BCUT2D eigenvalue weighted by Crippen LogP contribution is -2.43. The lowest BCUT2D eigenvalue weighted by Gasteiger charge is -2.31. The van der Waals surface area contributed by atoms with Gasteiger partial charge in [0, 0.05) is 23.8 Å². The van der Waals surface area contributed by atoms with Gasteiger partial charge >= 0.3 is 0 Å². The number of halogens is 1. The number of primary sulfonamides is 1. The van der Waals surface area contributed by atoms with Gasteiger partial charge in [0.15, 0.2) is 0 Å². The molecule has 0 bridgehead atoms. The largest absolute Gasteiger partial charge is 0.326 e. The predicted octanol–water partition coefficient (Wildman–Crippen LogP) is 2.03. The van der Waals surface area contributed by atoms with Crippen LogP contribution in [0.4, 0.5) is 5.69 Å². The third-order valence-corrected chi connectivity index (χ3v) is 7.72. The molecule has 1 aliphatic heterocycles. The van der Waals surface area contributed by atoms with E-state index in [-0.39, 0.29) is 22.2 Å². The summed E-state index contributed by atoms with van der Waals surface area (Å²) in [4.78, 5) is 12.7. The van der Waals surface area contributed by atoms with E-state index in [1.54, 1.807) is 0 Å². The Hall–Kier alpha value is -1.98. The molecule has 0 saturated carbocycles. The number of hydrogen-bond acceptors (Lipinski definition) is 5. The molecular formula is C18H20ClN3O5S2. The maximum Gasteiger partial charge on any atom is 0.243 e. The number of anilines is 1. The molecule has 8 nitrogen and oxygen atoms in total. The average Bonchev–Trinajstić information content (AvgIpc) is 2.68. The van der Waals surface area contributed by atoms with Crippen molar-refractivity contribution in [2.75, 3.05) is 18.4 Å². The van der Waals surface area contributed by atoms with Crippen LogP contribution in [0.15, 0.2) is 58.3 Å². The van der Waals surface area contributed by atoms with Crippen LogP contribution in [0.25, 0.3) is 0 Å². The Morgan fingerprint density at radius 1 is 1.00 bits per heavy atom. The van der Waals surface area contributed by atoms with Crippen molar-refractivity contribution >= 4 is 43.2 Å². The minimum absolute atomic E-state index is 0.0616. The second-order valence-electron chi connectivity index (χ2n) is 6.71. The first-order valence-electron chi connectivity index (χ1n) is 8.77. The van der Waals surface area contributed by atoms with Crippen LogP contribution in [0.2, 0.25) is 5.02 Å². The minimum atomic E-state index is -3.82. The van der Waals surface area contributed by atoms with Gasteiger partial charge in [-0.3, -0.25) is 4.79 Å². The molecule has 2 aromatic carbocycles. The van der Waals surface area contributed by atoms with Gasteiger partial charge in [0.2, 0.25) is 26.0 Å². The summed E-state index contributed by atoms with van der Waals surface area (Å²) in [6.45, 7) is 0.393. The molecule has 11 heteroatoms. The van der Waals surface area contributed by atoms with E-state index >= 15 is 0 Å². The summed E-state index contributed by atoms with van der Waals surface area (Å²) in [7, 11) is -7.54. The molecule has 29 heavy (non-hydrogen) atoms. The monoisotopic (exact) mass is 457 g/mol. The van der Waals surface area contributed by atoms with Crippen LogP contribution in [0, 0.1) is 5.92 Å². The van der Waals surface area contributed by atoms with Crippen LogP contribution < -0.4 is 10.5 Å². The first kappa shape index (κ1) is 21.7. The van der Waals surface area contributed by atoms with E-state index in [1.807, 2.05) is 0 Å². The van der Waals surface area contributed by atoms with Crippen molar-refractivity contribution in [3.63, 3.8) is 0 Å². The number of carbonyl (C=O) groups is 1. The number of sulfonamides is 2. The Morgan fingerprint density at radius 2 is 1.59 bits per heavy atom. The van der Waals surface area contributed by atoms with Crippen molar-refractivity contribution in [2.24, 2.45) is 11.1 Å². The Balaban J connectivity index is 1.70. The highest BCUT2D eigenvalue weighted by atomic mass is 35.5. The fourth-order valence-corrected chi connectivity index (χ4v) is 5.27. The molecule has 1 saturated heterocycles. The van der Waals surface area contributed by atoms with Crippen molar-refractivity contribution < 1.29 is 21.6 Å². The average molecular weight is 458 g/mol. The number of piperidine rings is 1. The van der Waals surface area contributed by atoms with Gasteiger partial charge in [0.1, 0.15) is 0 Å². The topological polar surface area (TPSA) is 127 Å². The van der Waals surface area contributed by atoms with Gasteiger partial charge in [0.05, 0.1) is 15.7 Å². The van der Waals surface area contributed by atoms with E-state index in [1.165, 1.54) is 52.8 Å². The Kier molecular flexibility index (Phi) is 6.30. The lowest BCUT2D eigenvalue weighted by atomic mass is 9.99. The highest BCUT2D eigenvalue weighted by Crippen LogP contribution is 2.25. The van der Waals surface area contributed by atoms with Gasteiger partial charge in [0.25, 0.3) is 0 Å². The molecule has 0 spiro atoms. The van der Waals surface area contributed by atoms with Crippen LogP contribution in [0.5, 0.6) is 0 Å². The third kappa shape index (κ3) is 5.14. The maximum atomic E-state index is 12.8. The summed E-state index contributed by atoms with van der Waals surface area (Å²) in [5.74, 6) is -0.854. The van der Waals surface area contributed by atoms with E-state index in [2.05, 4.69) is 5.32 Å². The van der Waals surface area contributed by atoms with Crippen LogP contribution in [-0.2, 0) is 24.8 Å². The number of rotatable bonds is 5. The van der Waals surface area contributed by atoms with Crippen LogP contribution >= 0.6 is 11.6 Å². The molecular weight excluding hydrogens is 438 g/mol. The van der Waals surface area contributed by atoms with Crippen molar-refractivity contribution in [1.29, 1.82) is 0 Å². The standard InChI is InChI=1S/C18H20ClN3O5S2/c19-14-3-7-17(8-4-14)29(26,27)22-11-1-2-13(12-22)18(23)21-15-5-9-16(10-6-15)28(20,24)25/h3-10,13H,1-2,11-12H2,(H,21,23)(H2,20,24,25)/t13-/m1/s1. The highest BCUT2D eigenvalue weighted by Gasteiger charge is 2.33. The van der Waals surface area contributed by atoms with E-state index in [4.69, 9.17) is 16.7 Å². The third-order valence-electron chi connectivity index (χ3n) is 4.66. The fraction of sp³-hybridized carbons (Fsp3) is 0.278. The van der Waals surface area contributed by atoms with E-state index in [9.17, 15) is 21.6 Å². The normalized spacial score (nSPS) is 18.3. The van der Waals surface area contributed by atoms with Crippen LogP contribution in [0.3, 0.4) is 0 Å². The first-order valence-corrected chi connectivity index (χ1v) is 12.1. The quantitative estimate of drug-likeness (QED) is 0.710. The van der Waals surface area contributed by atoms with Crippen LogP contribution in [0.1, 0.15) is 12.8 Å². The molecule has 1 amide bonds. The Labute approximate surface area is 174 Å². The van der Waals surface area contributed by atoms with Gasteiger partial charge in [-0.25, -0.2) is 22.0 Å². The molecule has 1 fully saturated rings. The zero-order valence-electron chi connectivity index (χ0n) is 15.3. The van der Waals surface area contributed by atoms with Crippen molar-refractivity contribution in [2.45, 2.75) is 22.6 Å². The molecule has 0 aliphatic carbocycles. The van der Waals surface area contributed by atoms with E-state index in [0.29, 0.717) is 30.1 Å². The fourth-order valence-electron chi connectivity index (χ4n) is 3.10. The summed E-state index contributed by atoms with van der Waals surface area (Å²) in [6, 6.07) is 11.3. The second kappa shape index (κ2) is 8.41. The maximum absolute atomic E-state index is 12.8. The minimum Gasteiger partial charge on any atom is -0.326 e. The molecule has 1 heterocycles. The highest BCUT2D eigenvalue weighted by molar-refractivity contribution is 7.89. The van der Waals surface area contributed by atoms with Crippen molar-refractivity contribution in [3.05, 3.63) is 53.6 Å². The van der Waals surface area contributed by atoms with Gasteiger partial charge in [-0.2, -0.15) is 4.31 Å². The number of nitrogens with one attached hydrogen (secondary N) is 1. The Bertz CT molecular complexity index is 1100. The summed E-state index contributed by atoms with van der Waals surface area (Å²) >= 11 is 5.82. The summed E-state index contributed by atoms with van der Waals surface area (Å²) < 4.78 is 49.6. The zero-order chi connectivity index (χ0) is 21.2. The second-order valence-corrected chi connectivity index (χ2v) is 10.7. The SMILES string of the molecule is NS(=O)(=O)c1ccc(NC(=O)[C@@H]2CCCN(S(=O)(=O)c3ccc(Cl)cc3)C2)cc1. The zero-order valence-corrected chi connectivity index (χ0v) is 17.7. The number of hydrogen-bond donors (Lipinski definition) is 2. The summed E-state index contributed by atoms with van der Waals surface area (Å²) in [6.07, 6.45) is 1.10. The van der Waals surface area contributed by atoms with Gasteiger partial charge in [-0.1, -0.05) is 11.6 Å². The Morgan fingerprint density at radius 3 is 2.17 bits per heavy atom. The lowest BCUT2D eigenvalue weighted by molar-refractivity contribution is -0.120. The summed E-state index contributed by atoms with van der Waals surface area (Å²) in [5.41, 5.74) is 0.403.